The molecule has 0 saturated carbocycles. The minimum Gasteiger partial charge on any atom is -0.465 e. The van der Waals surface area contributed by atoms with Crippen molar-refractivity contribution in [3.8, 4) is 0 Å². The molecule has 8 nitrogen and oxygen atoms in total. The van der Waals surface area contributed by atoms with Crippen molar-refractivity contribution in [1.82, 2.24) is 9.80 Å². The van der Waals surface area contributed by atoms with E-state index >= 15 is 0 Å². The van der Waals surface area contributed by atoms with Gasteiger partial charge in [-0.25, -0.2) is 0 Å². The maximum Gasteiger partial charge on any atom is 0.305 e. The molecule has 0 atom stereocenters. The van der Waals surface area contributed by atoms with E-state index in [1.807, 2.05) is 0 Å². The average Bonchev–Trinajstić information content (AvgIpc) is 3.38. The van der Waals surface area contributed by atoms with Gasteiger partial charge >= 0.3 is 5.97 Å². The number of esters is 1. The van der Waals surface area contributed by atoms with E-state index in [-0.39, 0.29) is 19.2 Å². The van der Waals surface area contributed by atoms with Gasteiger partial charge < -0.3 is 29.0 Å². The van der Waals surface area contributed by atoms with Crippen LogP contribution in [0.1, 0.15) is 303 Å². The molecule has 1 aliphatic rings. The lowest BCUT2D eigenvalue weighted by Crippen LogP contribution is -2.47. The van der Waals surface area contributed by atoms with Gasteiger partial charge in [0.05, 0.1) is 31.8 Å². The van der Waals surface area contributed by atoms with Crippen molar-refractivity contribution in [2.75, 3.05) is 92.1 Å². The molecule has 424 valence electrons. The fourth-order valence-electron chi connectivity index (χ4n) is 10.4. The Balaban J connectivity index is 2.64. The lowest BCUT2D eigenvalue weighted by molar-refractivity contribution is -0.156. The summed E-state index contributed by atoms with van der Waals surface area (Å²) in [6, 6.07) is 0. The van der Waals surface area contributed by atoms with E-state index in [2.05, 4.69) is 30.6 Å². The van der Waals surface area contributed by atoms with Crippen LogP contribution < -0.4 is 0 Å². The molecule has 0 bridgehead atoms. The normalized spacial score (nSPS) is 13.7. The van der Waals surface area contributed by atoms with Crippen LogP contribution in [0.3, 0.4) is 0 Å². The summed E-state index contributed by atoms with van der Waals surface area (Å²) >= 11 is 0. The van der Waals surface area contributed by atoms with Crippen molar-refractivity contribution in [2.24, 2.45) is 5.41 Å². The van der Waals surface area contributed by atoms with Gasteiger partial charge in [-0.2, -0.15) is 0 Å². The van der Waals surface area contributed by atoms with E-state index in [1.54, 1.807) is 0 Å². The number of hydrogen-bond donors (Lipinski definition) is 1. The van der Waals surface area contributed by atoms with Gasteiger partial charge in [0.25, 0.3) is 0 Å². The SMILES string of the molecule is CCCCCCCCCCCCCCCCOCC(COCCCCCCCCCCCCCCCC)(COCCCCCCCCCCCCCCCC)COC(=O)CCCN1CCN(CCO)CC1. The first kappa shape index (κ1) is 68.2. The number of β-amino-alcohol motifs (C(OH)–C–C–N with tert-alkyl or cyclic N) is 1. The van der Waals surface area contributed by atoms with Gasteiger partial charge in [-0.05, 0) is 32.2 Å². The van der Waals surface area contributed by atoms with Crippen LogP contribution in [0, 0.1) is 5.41 Å². The van der Waals surface area contributed by atoms with Crippen molar-refractivity contribution in [3.63, 3.8) is 0 Å². The lowest BCUT2D eigenvalue weighted by Gasteiger charge is -2.34. The van der Waals surface area contributed by atoms with Crippen LogP contribution in [0.25, 0.3) is 0 Å². The van der Waals surface area contributed by atoms with Gasteiger partial charge in [0, 0.05) is 59.0 Å². The smallest absolute Gasteiger partial charge is 0.305 e. The standard InChI is InChI=1S/C63H126N2O6/c1-4-7-10-13-16-19-22-25-28-31-34-37-40-43-55-68-58-63(61-71-62(67)47-46-48-64-49-51-65(52-50-64)53-54-66,59-69-56-44-41-38-35-32-29-26-23-20-17-14-11-8-5-2)60-70-57-45-42-39-36-33-30-27-24-21-18-15-12-9-6-3/h66H,4-61H2,1-3H3. The van der Waals surface area contributed by atoms with Gasteiger partial charge in [0.15, 0.2) is 0 Å². The van der Waals surface area contributed by atoms with E-state index in [0.29, 0.717) is 26.2 Å². The van der Waals surface area contributed by atoms with Gasteiger partial charge in [0.2, 0.25) is 0 Å². The Labute approximate surface area is 443 Å². The second-order valence-corrected chi connectivity index (χ2v) is 22.6. The number of aliphatic hydroxyl groups is 1. The lowest BCUT2D eigenvalue weighted by atomic mass is 9.92. The van der Waals surface area contributed by atoms with Crippen molar-refractivity contribution >= 4 is 5.97 Å². The van der Waals surface area contributed by atoms with Crippen LogP contribution in [0.15, 0.2) is 0 Å². The maximum absolute atomic E-state index is 13.3. The van der Waals surface area contributed by atoms with Crippen LogP contribution in [0.4, 0.5) is 0 Å². The van der Waals surface area contributed by atoms with E-state index < -0.39 is 5.41 Å². The number of piperazine rings is 1. The molecule has 0 aromatic heterocycles. The molecule has 8 heteroatoms. The molecule has 0 aromatic carbocycles. The highest BCUT2D eigenvalue weighted by Crippen LogP contribution is 2.24. The second-order valence-electron chi connectivity index (χ2n) is 22.6. The summed E-state index contributed by atoms with van der Waals surface area (Å²) in [5.41, 5.74) is -0.513. The number of nitrogens with zero attached hydrogens (tertiary/aromatic N) is 2. The minimum atomic E-state index is -0.513. The highest BCUT2D eigenvalue weighted by atomic mass is 16.5. The Morgan fingerprint density at radius 1 is 0.352 bits per heavy atom. The summed E-state index contributed by atoms with van der Waals surface area (Å²) in [5, 5.41) is 9.33. The molecule has 0 radical (unpaired) electrons. The van der Waals surface area contributed by atoms with E-state index in [0.717, 1.165) is 84.8 Å². The highest BCUT2D eigenvalue weighted by molar-refractivity contribution is 5.69. The molecular formula is C63H126N2O6. The van der Waals surface area contributed by atoms with Gasteiger partial charge in [-0.15, -0.1) is 0 Å². The van der Waals surface area contributed by atoms with Crippen LogP contribution in [0.5, 0.6) is 0 Å². The summed E-state index contributed by atoms with van der Waals surface area (Å²) in [5.74, 6) is -0.126. The molecule has 1 saturated heterocycles. The number of aliphatic hydroxyl groups excluding tert-OH is 1. The third-order valence-corrected chi connectivity index (χ3v) is 15.4. The summed E-state index contributed by atoms with van der Waals surface area (Å²) in [6.07, 6.45) is 57.8. The number of carbonyl (C=O) groups excluding carboxylic acids is 1. The van der Waals surface area contributed by atoms with Gasteiger partial charge in [-0.3, -0.25) is 9.69 Å². The van der Waals surface area contributed by atoms with Crippen LogP contribution in [-0.4, -0.2) is 113 Å². The molecule has 71 heavy (non-hydrogen) atoms. The number of carbonyl (C=O) groups is 1. The van der Waals surface area contributed by atoms with E-state index in [1.165, 1.54) is 250 Å². The monoisotopic (exact) mass is 1010 g/mol. The summed E-state index contributed by atoms with van der Waals surface area (Å²) in [4.78, 5) is 18.1. The molecule has 0 amide bonds. The van der Waals surface area contributed by atoms with Crippen LogP contribution in [0.2, 0.25) is 0 Å². The number of ether oxygens (including phenoxy) is 4. The fourth-order valence-corrected chi connectivity index (χ4v) is 10.4. The molecule has 1 aliphatic heterocycles. The summed E-state index contributed by atoms with van der Waals surface area (Å²) in [6.45, 7) is 16.7. The van der Waals surface area contributed by atoms with Crippen molar-refractivity contribution < 1.29 is 28.8 Å². The zero-order valence-electron chi connectivity index (χ0n) is 48.4. The Morgan fingerprint density at radius 3 is 0.873 bits per heavy atom. The quantitative estimate of drug-likeness (QED) is 0.0477. The molecule has 1 N–H and O–H groups in total. The largest absolute Gasteiger partial charge is 0.465 e. The Bertz CT molecular complexity index is 952. The van der Waals surface area contributed by atoms with Crippen LogP contribution in [-0.2, 0) is 23.7 Å². The highest BCUT2D eigenvalue weighted by Gasteiger charge is 2.34. The fraction of sp³-hybridized carbons (Fsp3) is 0.984. The van der Waals surface area contributed by atoms with Gasteiger partial charge in [0.1, 0.15) is 6.61 Å². The van der Waals surface area contributed by atoms with Crippen LogP contribution >= 0.6 is 0 Å². The second kappa shape index (κ2) is 55.5. The third kappa shape index (κ3) is 47.4. The zero-order chi connectivity index (χ0) is 51.1. The average molecular weight is 1010 g/mol. The number of unbranched alkanes of at least 4 members (excludes halogenated alkanes) is 39. The first-order valence-corrected chi connectivity index (χ1v) is 32.0. The summed E-state index contributed by atoms with van der Waals surface area (Å²) < 4.78 is 25.7. The molecule has 0 unspecified atom stereocenters. The topological polar surface area (TPSA) is 80.7 Å². The Morgan fingerprint density at radius 2 is 0.606 bits per heavy atom. The number of hydrogen-bond acceptors (Lipinski definition) is 8. The zero-order valence-corrected chi connectivity index (χ0v) is 48.4. The molecule has 1 heterocycles. The van der Waals surface area contributed by atoms with E-state index in [4.69, 9.17) is 18.9 Å². The predicted octanol–water partition coefficient (Wildman–Crippen LogP) is 17.4. The van der Waals surface area contributed by atoms with Crippen molar-refractivity contribution in [2.45, 2.75) is 303 Å². The first-order chi connectivity index (χ1) is 35.1. The minimum absolute atomic E-state index is 0.126. The molecule has 0 spiro atoms. The molecular weight excluding hydrogens is 881 g/mol. The molecule has 1 rings (SSSR count). The first-order valence-electron chi connectivity index (χ1n) is 32.0. The Kier molecular flexibility index (Phi) is 53.3. The maximum atomic E-state index is 13.3. The number of rotatable bonds is 59. The Hall–Kier alpha value is -0.770. The van der Waals surface area contributed by atoms with Crippen molar-refractivity contribution in [1.29, 1.82) is 0 Å². The van der Waals surface area contributed by atoms with Gasteiger partial charge in [-0.1, -0.05) is 271 Å². The third-order valence-electron chi connectivity index (χ3n) is 15.4. The molecule has 1 fully saturated rings. The summed E-state index contributed by atoms with van der Waals surface area (Å²) in [7, 11) is 0. The van der Waals surface area contributed by atoms with Crippen molar-refractivity contribution in [3.05, 3.63) is 0 Å². The molecule has 0 aliphatic carbocycles. The molecule has 0 aromatic rings. The van der Waals surface area contributed by atoms with E-state index in [9.17, 15) is 9.90 Å². The predicted molar refractivity (Wildman–Crippen MR) is 306 cm³/mol.